The number of Topliss-reactive ketones (excluding diaryl/α,β-unsaturated/α-hetero) is 1. The van der Waals surface area contributed by atoms with Crippen molar-refractivity contribution in [1.82, 2.24) is 0 Å². The Morgan fingerprint density at radius 3 is 2.21 bits per heavy atom. The first-order chi connectivity index (χ1) is 8.88. The zero-order valence-corrected chi connectivity index (χ0v) is 10.2. The van der Waals surface area contributed by atoms with Gasteiger partial charge >= 0.3 is 6.36 Å². The molecule has 19 heavy (non-hydrogen) atoms. The van der Waals surface area contributed by atoms with Crippen LogP contribution in [-0.4, -0.2) is 12.1 Å². The Bertz CT molecular complexity index is 498. The fourth-order valence-corrected chi connectivity index (χ4v) is 3.07. The molecule has 0 N–H and O–H groups in total. The Hall–Kier alpha value is -1.52. The maximum Gasteiger partial charge on any atom is 0.573 e. The van der Waals surface area contributed by atoms with Crippen LogP contribution in [0.3, 0.4) is 0 Å². The lowest BCUT2D eigenvalue weighted by atomic mass is 9.50. The molecule has 2 nitrogen and oxygen atoms in total. The molecule has 3 rings (SSSR count). The van der Waals surface area contributed by atoms with Crippen molar-refractivity contribution in [2.45, 2.75) is 38.0 Å². The number of carbonyl (C=O) groups excluding carboxylic acids is 1. The first-order valence-corrected chi connectivity index (χ1v) is 6.27. The normalized spacial score (nSPS) is 29.8. The SMILES string of the molecule is O=C1CCC12CC(c1ccc(OC(F)(F)F)cc1)C2. The van der Waals surface area contributed by atoms with Crippen LogP contribution >= 0.6 is 0 Å². The second-order valence-corrected chi connectivity index (χ2v) is 5.43. The van der Waals surface area contributed by atoms with Gasteiger partial charge in [0.05, 0.1) is 0 Å². The largest absolute Gasteiger partial charge is 0.573 e. The van der Waals surface area contributed by atoms with Gasteiger partial charge in [-0.15, -0.1) is 13.2 Å². The summed E-state index contributed by atoms with van der Waals surface area (Å²) < 4.78 is 39.9. The third-order valence-electron chi connectivity index (χ3n) is 4.28. The van der Waals surface area contributed by atoms with E-state index in [0.717, 1.165) is 24.8 Å². The standard InChI is InChI=1S/C14H13F3O2/c15-14(16,17)19-11-3-1-9(2-4-11)10-7-13(8-10)6-5-12(13)18/h1-4,10H,5-8H2. The van der Waals surface area contributed by atoms with Crippen molar-refractivity contribution in [2.24, 2.45) is 5.41 Å². The quantitative estimate of drug-likeness (QED) is 0.816. The van der Waals surface area contributed by atoms with Gasteiger partial charge in [-0.05, 0) is 42.9 Å². The molecule has 0 bridgehead atoms. The van der Waals surface area contributed by atoms with Gasteiger partial charge in [-0.25, -0.2) is 0 Å². The van der Waals surface area contributed by atoms with E-state index in [1.54, 1.807) is 12.1 Å². The van der Waals surface area contributed by atoms with Crippen LogP contribution < -0.4 is 4.74 Å². The van der Waals surface area contributed by atoms with Crippen molar-refractivity contribution >= 4 is 5.78 Å². The maximum atomic E-state index is 12.0. The van der Waals surface area contributed by atoms with E-state index in [9.17, 15) is 18.0 Å². The predicted octanol–water partition coefficient (Wildman–Crippen LogP) is 3.81. The highest BCUT2D eigenvalue weighted by atomic mass is 19.4. The monoisotopic (exact) mass is 270 g/mol. The Morgan fingerprint density at radius 2 is 1.79 bits per heavy atom. The van der Waals surface area contributed by atoms with Crippen LogP contribution in [0.2, 0.25) is 0 Å². The number of ether oxygens (including phenoxy) is 1. The van der Waals surface area contributed by atoms with E-state index in [1.165, 1.54) is 12.1 Å². The number of alkyl halides is 3. The van der Waals surface area contributed by atoms with Gasteiger partial charge in [-0.2, -0.15) is 0 Å². The van der Waals surface area contributed by atoms with Crippen molar-refractivity contribution in [1.29, 1.82) is 0 Å². The van der Waals surface area contributed by atoms with Crippen molar-refractivity contribution in [2.75, 3.05) is 0 Å². The molecule has 0 aromatic heterocycles. The second-order valence-electron chi connectivity index (χ2n) is 5.43. The lowest BCUT2D eigenvalue weighted by Crippen LogP contribution is -2.49. The van der Waals surface area contributed by atoms with E-state index in [-0.39, 0.29) is 11.2 Å². The van der Waals surface area contributed by atoms with Crippen LogP contribution in [0.5, 0.6) is 5.75 Å². The second kappa shape index (κ2) is 3.99. The van der Waals surface area contributed by atoms with Crippen molar-refractivity contribution in [3.8, 4) is 5.75 Å². The zero-order chi connectivity index (χ0) is 13.7. The van der Waals surface area contributed by atoms with E-state index >= 15 is 0 Å². The van der Waals surface area contributed by atoms with E-state index in [1.807, 2.05) is 0 Å². The minimum Gasteiger partial charge on any atom is -0.406 e. The van der Waals surface area contributed by atoms with Crippen LogP contribution in [-0.2, 0) is 4.79 Å². The van der Waals surface area contributed by atoms with Crippen molar-refractivity contribution in [3.63, 3.8) is 0 Å². The summed E-state index contributed by atoms with van der Waals surface area (Å²) in [5.41, 5.74) is 0.895. The van der Waals surface area contributed by atoms with Gasteiger partial charge in [0.15, 0.2) is 0 Å². The fraction of sp³-hybridized carbons (Fsp3) is 0.500. The minimum absolute atomic E-state index is 0.0915. The van der Waals surface area contributed by atoms with Crippen LogP contribution in [0.25, 0.3) is 0 Å². The molecule has 0 saturated heterocycles. The molecule has 0 amide bonds. The third-order valence-corrected chi connectivity index (χ3v) is 4.28. The van der Waals surface area contributed by atoms with Gasteiger partial charge in [0.1, 0.15) is 11.5 Å². The highest BCUT2D eigenvalue weighted by Gasteiger charge is 2.54. The molecule has 1 aromatic rings. The molecule has 0 aliphatic heterocycles. The summed E-state index contributed by atoms with van der Waals surface area (Å²) in [4.78, 5) is 11.5. The number of halogens is 3. The summed E-state index contributed by atoms with van der Waals surface area (Å²) in [6.45, 7) is 0. The van der Waals surface area contributed by atoms with Gasteiger partial charge in [0.2, 0.25) is 0 Å². The topological polar surface area (TPSA) is 26.3 Å². The Balaban J connectivity index is 1.63. The molecule has 2 saturated carbocycles. The molecule has 0 heterocycles. The molecule has 1 spiro atoms. The number of hydrogen-bond donors (Lipinski definition) is 0. The summed E-state index contributed by atoms with van der Waals surface area (Å²) in [5, 5.41) is 0. The summed E-state index contributed by atoms with van der Waals surface area (Å²) in [7, 11) is 0. The fourth-order valence-electron chi connectivity index (χ4n) is 3.07. The highest BCUT2D eigenvalue weighted by molar-refractivity contribution is 5.91. The first-order valence-electron chi connectivity index (χ1n) is 6.27. The first kappa shape index (κ1) is 12.5. The molecule has 2 aliphatic rings. The number of benzene rings is 1. The van der Waals surface area contributed by atoms with Gasteiger partial charge < -0.3 is 4.74 Å². The average Bonchev–Trinajstić information content (AvgIpc) is 2.26. The summed E-state index contributed by atoms with van der Waals surface area (Å²) in [6.07, 6.45) is -1.32. The Labute approximate surface area is 108 Å². The molecule has 102 valence electrons. The number of rotatable bonds is 2. The lowest BCUT2D eigenvalue weighted by molar-refractivity contribution is -0.274. The zero-order valence-electron chi connectivity index (χ0n) is 10.2. The van der Waals surface area contributed by atoms with Gasteiger partial charge in [-0.1, -0.05) is 12.1 Å². The average molecular weight is 270 g/mol. The summed E-state index contributed by atoms with van der Waals surface area (Å²) in [6, 6.07) is 5.97. The lowest BCUT2D eigenvalue weighted by Gasteiger charge is -2.52. The summed E-state index contributed by atoms with van der Waals surface area (Å²) in [5.74, 6) is 0.440. The van der Waals surface area contributed by atoms with Crippen LogP contribution in [0.1, 0.15) is 37.2 Å². The van der Waals surface area contributed by atoms with Crippen LogP contribution in [0.4, 0.5) is 13.2 Å². The van der Waals surface area contributed by atoms with E-state index in [2.05, 4.69) is 4.74 Å². The van der Waals surface area contributed by atoms with E-state index in [0.29, 0.717) is 18.1 Å². The van der Waals surface area contributed by atoms with Crippen LogP contribution in [0.15, 0.2) is 24.3 Å². The summed E-state index contributed by atoms with van der Waals surface area (Å²) >= 11 is 0. The molecule has 1 aromatic carbocycles. The Morgan fingerprint density at radius 1 is 1.16 bits per heavy atom. The molecule has 2 aliphatic carbocycles. The molecular formula is C14H13F3O2. The minimum atomic E-state index is -4.65. The Kier molecular flexibility index (Phi) is 2.62. The smallest absolute Gasteiger partial charge is 0.406 e. The van der Waals surface area contributed by atoms with Gasteiger partial charge in [0.25, 0.3) is 0 Å². The van der Waals surface area contributed by atoms with E-state index < -0.39 is 6.36 Å². The molecule has 0 unspecified atom stereocenters. The van der Waals surface area contributed by atoms with Crippen molar-refractivity contribution in [3.05, 3.63) is 29.8 Å². The molecule has 0 radical (unpaired) electrons. The molecule has 5 heteroatoms. The molecule has 2 fully saturated rings. The number of ketones is 1. The van der Waals surface area contributed by atoms with Gasteiger partial charge in [0, 0.05) is 11.8 Å². The predicted molar refractivity (Wildman–Crippen MR) is 61.8 cm³/mol. The highest BCUT2D eigenvalue weighted by Crippen LogP contribution is 2.59. The van der Waals surface area contributed by atoms with E-state index in [4.69, 9.17) is 0 Å². The molecular weight excluding hydrogens is 257 g/mol. The van der Waals surface area contributed by atoms with Crippen LogP contribution in [0, 0.1) is 5.41 Å². The van der Waals surface area contributed by atoms with Gasteiger partial charge in [-0.3, -0.25) is 4.79 Å². The number of hydrogen-bond acceptors (Lipinski definition) is 2. The third kappa shape index (κ3) is 2.22. The maximum absolute atomic E-state index is 12.0. The number of carbonyl (C=O) groups is 1. The van der Waals surface area contributed by atoms with Crippen molar-refractivity contribution < 1.29 is 22.7 Å². The molecule has 0 atom stereocenters.